The molecule has 1 aromatic carbocycles. The van der Waals surface area contributed by atoms with Gasteiger partial charge in [0.2, 0.25) is 0 Å². The zero-order valence-electron chi connectivity index (χ0n) is 11.9. The molecular weight excluding hydrogens is 282 g/mol. The van der Waals surface area contributed by atoms with E-state index in [1.165, 1.54) is 11.0 Å². The number of aromatic nitrogens is 1. The van der Waals surface area contributed by atoms with Gasteiger partial charge in [-0.15, -0.1) is 13.2 Å². The molecule has 0 aliphatic carbocycles. The first-order valence-corrected chi connectivity index (χ1v) is 6.63. The van der Waals surface area contributed by atoms with Crippen LogP contribution < -0.4 is 0 Å². The van der Waals surface area contributed by atoms with Gasteiger partial charge >= 0.3 is 0 Å². The standard InChI is InChI=1S/C16H15N3O3/c1-3-9-18(10-4-2)16(20)14-11-15(19(21)22)12-7-5-6-8-13(12)17-14/h3-8,11H,1-2,9-10H2. The third kappa shape index (κ3) is 3.01. The van der Waals surface area contributed by atoms with Gasteiger partial charge in [0.25, 0.3) is 11.6 Å². The van der Waals surface area contributed by atoms with Crippen LogP contribution in [0.4, 0.5) is 5.69 Å². The minimum Gasteiger partial charge on any atom is -0.330 e. The van der Waals surface area contributed by atoms with E-state index < -0.39 is 10.8 Å². The van der Waals surface area contributed by atoms with Crippen molar-refractivity contribution in [1.82, 2.24) is 9.88 Å². The molecule has 2 aromatic rings. The van der Waals surface area contributed by atoms with E-state index >= 15 is 0 Å². The largest absolute Gasteiger partial charge is 0.330 e. The van der Waals surface area contributed by atoms with Gasteiger partial charge in [-0.25, -0.2) is 4.98 Å². The predicted molar refractivity (Wildman–Crippen MR) is 84.7 cm³/mol. The molecular formula is C16H15N3O3. The highest BCUT2D eigenvalue weighted by Crippen LogP contribution is 2.25. The molecule has 0 aliphatic heterocycles. The summed E-state index contributed by atoms with van der Waals surface area (Å²) in [4.78, 5) is 28.9. The molecule has 0 radical (unpaired) electrons. The van der Waals surface area contributed by atoms with E-state index in [1.807, 2.05) is 0 Å². The van der Waals surface area contributed by atoms with Crippen LogP contribution in [0.1, 0.15) is 10.5 Å². The number of nitro groups is 1. The first kappa shape index (κ1) is 15.4. The summed E-state index contributed by atoms with van der Waals surface area (Å²) in [5.74, 6) is -0.395. The Morgan fingerprint density at radius 3 is 2.50 bits per heavy atom. The fraction of sp³-hybridized carbons (Fsp3) is 0.125. The van der Waals surface area contributed by atoms with Gasteiger partial charge in [-0.1, -0.05) is 24.3 Å². The fourth-order valence-corrected chi connectivity index (χ4v) is 2.13. The molecule has 2 rings (SSSR count). The Labute approximate surface area is 127 Å². The molecule has 0 N–H and O–H groups in total. The van der Waals surface area contributed by atoms with Gasteiger partial charge in [0.15, 0.2) is 0 Å². The van der Waals surface area contributed by atoms with E-state index in [0.29, 0.717) is 24.0 Å². The Bertz CT molecular complexity index is 745. The first-order chi connectivity index (χ1) is 10.6. The molecule has 6 nitrogen and oxygen atoms in total. The zero-order valence-corrected chi connectivity index (χ0v) is 11.9. The molecule has 0 saturated heterocycles. The molecule has 1 aromatic heterocycles. The molecule has 0 aliphatic rings. The molecule has 0 fully saturated rings. The van der Waals surface area contributed by atoms with Crippen molar-refractivity contribution >= 4 is 22.5 Å². The van der Waals surface area contributed by atoms with Crippen LogP contribution in [0.5, 0.6) is 0 Å². The normalized spacial score (nSPS) is 10.2. The average Bonchev–Trinajstić information content (AvgIpc) is 2.52. The van der Waals surface area contributed by atoms with Crippen LogP contribution in [0.2, 0.25) is 0 Å². The molecule has 1 amide bonds. The maximum Gasteiger partial charge on any atom is 0.281 e. The predicted octanol–water partition coefficient (Wildman–Crippen LogP) is 2.96. The van der Waals surface area contributed by atoms with Crippen LogP contribution in [0.25, 0.3) is 10.9 Å². The van der Waals surface area contributed by atoms with Crippen LogP contribution in [0.3, 0.4) is 0 Å². The maximum atomic E-state index is 12.5. The number of hydrogen-bond donors (Lipinski definition) is 0. The summed E-state index contributed by atoms with van der Waals surface area (Å²) in [5, 5.41) is 11.6. The van der Waals surface area contributed by atoms with Crippen molar-refractivity contribution in [2.24, 2.45) is 0 Å². The number of carbonyl (C=O) groups is 1. The highest BCUT2D eigenvalue weighted by atomic mass is 16.6. The SMILES string of the molecule is C=CCN(CC=C)C(=O)c1cc([N+](=O)[O-])c2ccccc2n1. The quantitative estimate of drug-likeness (QED) is 0.466. The molecule has 0 unspecified atom stereocenters. The topological polar surface area (TPSA) is 76.3 Å². The smallest absolute Gasteiger partial charge is 0.281 e. The molecule has 0 saturated carbocycles. The second-order valence-corrected chi connectivity index (χ2v) is 4.59. The minimum absolute atomic E-state index is 0.0362. The molecule has 0 atom stereocenters. The minimum atomic E-state index is -0.508. The lowest BCUT2D eigenvalue weighted by molar-refractivity contribution is -0.383. The summed E-state index contributed by atoms with van der Waals surface area (Å²) < 4.78 is 0. The van der Waals surface area contributed by atoms with Crippen molar-refractivity contribution in [2.75, 3.05) is 13.1 Å². The highest BCUT2D eigenvalue weighted by Gasteiger charge is 2.21. The van der Waals surface area contributed by atoms with Gasteiger partial charge in [0.05, 0.1) is 15.8 Å². The number of rotatable bonds is 6. The highest BCUT2D eigenvalue weighted by molar-refractivity contribution is 5.98. The van der Waals surface area contributed by atoms with Crippen molar-refractivity contribution in [1.29, 1.82) is 0 Å². The number of benzene rings is 1. The Morgan fingerprint density at radius 1 is 1.27 bits per heavy atom. The van der Waals surface area contributed by atoms with Gasteiger partial charge in [-0.2, -0.15) is 0 Å². The molecule has 22 heavy (non-hydrogen) atoms. The van der Waals surface area contributed by atoms with Crippen molar-refractivity contribution in [2.45, 2.75) is 0 Å². The van der Waals surface area contributed by atoms with Gasteiger partial charge in [-0.05, 0) is 12.1 Å². The Kier molecular flexibility index (Phi) is 4.63. The van der Waals surface area contributed by atoms with Crippen LogP contribution in [0.15, 0.2) is 55.6 Å². The van der Waals surface area contributed by atoms with Crippen LogP contribution >= 0.6 is 0 Å². The maximum absolute atomic E-state index is 12.5. The second kappa shape index (κ2) is 6.62. The molecule has 1 heterocycles. The number of fused-ring (bicyclic) bond motifs is 1. The van der Waals surface area contributed by atoms with E-state index in [0.717, 1.165) is 0 Å². The van der Waals surface area contributed by atoms with Crippen molar-refractivity contribution in [3.05, 3.63) is 71.4 Å². The number of amides is 1. The summed E-state index contributed by atoms with van der Waals surface area (Å²) in [7, 11) is 0. The van der Waals surface area contributed by atoms with Crippen LogP contribution in [-0.2, 0) is 0 Å². The monoisotopic (exact) mass is 297 g/mol. The summed E-state index contributed by atoms with van der Waals surface area (Å²) in [6.07, 6.45) is 3.16. The molecule has 0 spiro atoms. The van der Waals surface area contributed by atoms with E-state index in [1.54, 1.807) is 36.4 Å². The third-order valence-corrected chi connectivity index (χ3v) is 3.10. The van der Waals surface area contributed by atoms with Gasteiger partial charge < -0.3 is 4.90 Å². The van der Waals surface area contributed by atoms with E-state index in [9.17, 15) is 14.9 Å². The van der Waals surface area contributed by atoms with Crippen LogP contribution in [0, 0.1) is 10.1 Å². The summed E-state index contributed by atoms with van der Waals surface area (Å²) >= 11 is 0. The average molecular weight is 297 g/mol. The summed E-state index contributed by atoms with van der Waals surface area (Å²) in [5.41, 5.74) is 0.317. The number of hydrogen-bond acceptors (Lipinski definition) is 4. The molecule has 0 bridgehead atoms. The lowest BCUT2D eigenvalue weighted by Gasteiger charge is -2.18. The summed E-state index contributed by atoms with van der Waals surface area (Å²) in [6.45, 7) is 7.82. The van der Waals surface area contributed by atoms with E-state index in [4.69, 9.17) is 0 Å². The Hall–Kier alpha value is -3.02. The zero-order chi connectivity index (χ0) is 16.1. The number of para-hydroxylation sites is 1. The van der Waals surface area contributed by atoms with Crippen molar-refractivity contribution < 1.29 is 9.72 Å². The number of pyridine rings is 1. The van der Waals surface area contributed by atoms with Crippen molar-refractivity contribution in [3.8, 4) is 0 Å². The Balaban J connectivity index is 2.55. The molecule has 6 heteroatoms. The lowest BCUT2D eigenvalue weighted by atomic mass is 10.1. The second-order valence-electron chi connectivity index (χ2n) is 4.59. The van der Waals surface area contributed by atoms with E-state index in [2.05, 4.69) is 18.1 Å². The Morgan fingerprint density at radius 2 is 1.91 bits per heavy atom. The molecule has 112 valence electrons. The van der Waals surface area contributed by atoms with Gasteiger partial charge in [-0.3, -0.25) is 14.9 Å². The van der Waals surface area contributed by atoms with Crippen molar-refractivity contribution in [3.63, 3.8) is 0 Å². The van der Waals surface area contributed by atoms with E-state index in [-0.39, 0.29) is 11.4 Å². The lowest BCUT2D eigenvalue weighted by Crippen LogP contribution is -2.32. The number of carbonyl (C=O) groups excluding carboxylic acids is 1. The van der Waals surface area contributed by atoms with Gasteiger partial charge in [0, 0.05) is 19.2 Å². The summed E-state index contributed by atoms with van der Waals surface area (Å²) in [6, 6.07) is 7.88. The number of nitrogens with zero attached hydrogens (tertiary/aromatic N) is 3. The third-order valence-electron chi connectivity index (χ3n) is 3.10. The van der Waals surface area contributed by atoms with Crippen LogP contribution in [-0.4, -0.2) is 33.8 Å². The first-order valence-electron chi connectivity index (χ1n) is 6.63. The fourth-order valence-electron chi connectivity index (χ4n) is 2.13. The van der Waals surface area contributed by atoms with Gasteiger partial charge in [0.1, 0.15) is 5.69 Å².